The molecule has 0 amide bonds. The third kappa shape index (κ3) is 2.66. The van der Waals surface area contributed by atoms with Crippen molar-refractivity contribution in [3.63, 3.8) is 0 Å². The molecule has 0 spiro atoms. The Hall–Kier alpha value is -0.680. The van der Waals surface area contributed by atoms with Crippen LogP contribution in [0.5, 0.6) is 5.75 Å². The maximum Gasteiger partial charge on any atom is 0.279 e. The zero-order valence-electron chi connectivity index (χ0n) is 8.14. The van der Waals surface area contributed by atoms with Gasteiger partial charge in [0.1, 0.15) is 5.75 Å². The highest BCUT2D eigenvalue weighted by Gasteiger charge is 2.34. The summed E-state index contributed by atoms with van der Waals surface area (Å²) in [6, 6.07) is 4.42. The fourth-order valence-corrected chi connectivity index (χ4v) is 1.81. The number of aliphatic hydroxyl groups excluding tert-OH is 1. The minimum Gasteiger partial charge on any atom is -0.495 e. The number of methoxy groups -OCH3 is 1. The quantitative estimate of drug-likeness (QED) is 0.919. The van der Waals surface area contributed by atoms with Crippen LogP contribution in [0.3, 0.4) is 0 Å². The van der Waals surface area contributed by atoms with Gasteiger partial charge in [0.2, 0.25) is 0 Å². The van der Waals surface area contributed by atoms with Crippen molar-refractivity contribution in [2.75, 3.05) is 13.7 Å². The number of benzene rings is 1. The van der Waals surface area contributed by atoms with Crippen LogP contribution >= 0.6 is 15.9 Å². The Morgan fingerprint density at radius 1 is 1.47 bits per heavy atom. The highest BCUT2D eigenvalue weighted by molar-refractivity contribution is 9.10. The second-order valence-electron chi connectivity index (χ2n) is 3.00. The van der Waals surface area contributed by atoms with E-state index in [9.17, 15) is 8.78 Å². The van der Waals surface area contributed by atoms with Crippen LogP contribution in [0, 0.1) is 0 Å². The summed E-state index contributed by atoms with van der Waals surface area (Å²) in [5.41, 5.74) is -0.214. The van der Waals surface area contributed by atoms with E-state index < -0.39 is 19.0 Å². The van der Waals surface area contributed by atoms with Crippen molar-refractivity contribution >= 4 is 15.9 Å². The summed E-state index contributed by atoms with van der Waals surface area (Å²) in [5.74, 6) is -2.97. The predicted octanol–water partition coefficient (Wildman–Crippen LogP) is 2.93. The first kappa shape index (κ1) is 12.4. The number of aliphatic hydroxyl groups is 1. The van der Waals surface area contributed by atoms with Gasteiger partial charge in [-0.3, -0.25) is 0 Å². The molecule has 0 saturated carbocycles. The SMILES string of the molecule is COc1c(Br)cccc1C(F)(F)CCO. The number of hydrogen-bond acceptors (Lipinski definition) is 2. The molecule has 0 atom stereocenters. The molecule has 1 N–H and O–H groups in total. The summed E-state index contributed by atoms with van der Waals surface area (Å²) >= 11 is 3.13. The van der Waals surface area contributed by atoms with Gasteiger partial charge in [-0.15, -0.1) is 0 Å². The molecule has 0 radical (unpaired) electrons. The zero-order valence-corrected chi connectivity index (χ0v) is 9.72. The van der Waals surface area contributed by atoms with E-state index in [1.54, 1.807) is 6.07 Å². The molecule has 0 aromatic heterocycles. The van der Waals surface area contributed by atoms with Gasteiger partial charge in [0.25, 0.3) is 5.92 Å². The fourth-order valence-electron chi connectivity index (χ4n) is 1.28. The van der Waals surface area contributed by atoms with Crippen LogP contribution < -0.4 is 4.74 Å². The van der Waals surface area contributed by atoms with Gasteiger partial charge in [-0.1, -0.05) is 6.07 Å². The molecule has 15 heavy (non-hydrogen) atoms. The lowest BCUT2D eigenvalue weighted by Gasteiger charge is -2.19. The predicted molar refractivity (Wildman–Crippen MR) is 56.3 cm³/mol. The summed E-state index contributed by atoms with van der Waals surface area (Å²) in [6.07, 6.45) is -0.611. The monoisotopic (exact) mass is 280 g/mol. The van der Waals surface area contributed by atoms with Gasteiger partial charge in [0.15, 0.2) is 0 Å². The van der Waals surface area contributed by atoms with E-state index in [2.05, 4.69) is 15.9 Å². The van der Waals surface area contributed by atoms with Crippen LogP contribution in [0.15, 0.2) is 22.7 Å². The normalized spacial score (nSPS) is 11.5. The first-order chi connectivity index (χ1) is 7.03. The second-order valence-corrected chi connectivity index (χ2v) is 3.85. The number of para-hydroxylation sites is 1. The Labute approximate surface area is 95.0 Å². The Morgan fingerprint density at radius 3 is 2.67 bits per heavy atom. The van der Waals surface area contributed by atoms with Gasteiger partial charge in [-0.2, -0.15) is 0 Å². The third-order valence-electron chi connectivity index (χ3n) is 1.99. The van der Waals surface area contributed by atoms with E-state index in [1.165, 1.54) is 19.2 Å². The van der Waals surface area contributed by atoms with Crippen LogP contribution in [0.4, 0.5) is 8.78 Å². The van der Waals surface area contributed by atoms with Crippen LogP contribution in [-0.4, -0.2) is 18.8 Å². The number of hydrogen-bond donors (Lipinski definition) is 1. The molecule has 1 aromatic carbocycles. The van der Waals surface area contributed by atoms with E-state index >= 15 is 0 Å². The maximum atomic E-state index is 13.5. The Morgan fingerprint density at radius 2 is 2.13 bits per heavy atom. The van der Waals surface area contributed by atoms with Crippen LogP contribution in [0.1, 0.15) is 12.0 Å². The summed E-state index contributed by atoms with van der Waals surface area (Å²) in [4.78, 5) is 0. The molecular weight excluding hydrogens is 270 g/mol. The maximum absolute atomic E-state index is 13.5. The second kappa shape index (κ2) is 4.90. The summed E-state index contributed by atoms with van der Waals surface area (Å²) in [5, 5.41) is 8.56. The van der Waals surface area contributed by atoms with Crippen molar-refractivity contribution in [3.05, 3.63) is 28.2 Å². The molecule has 0 aliphatic rings. The molecule has 0 bridgehead atoms. The molecule has 1 aromatic rings. The highest BCUT2D eigenvalue weighted by atomic mass is 79.9. The average molecular weight is 281 g/mol. The molecule has 5 heteroatoms. The third-order valence-corrected chi connectivity index (χ3v) is 2.62. The Kier molecular flexibility index (Phi) is 4.04. The summed E-state index contributed by atoms with van der Waals surface area (Å²) in [7, 11) is 1.33. The van der Waals surface area contributed by atoms with Crippen LogP contribution in [0.2, 0.25) is 0 Å². The van der Waals surface area contributed by atoms with Gasteiger partial charge < -0.3 is 9.84 Å². The molecule has 0 aliphatic carbocycles. The van der Waals surface area contributed by atoms with Crippen molar-refractivity contribution in [1.82, 2.24) is 0 Å². The molecule has 0 aliphatic heterocycles. The topological polar surface area (TPSA) is 29.5 Å². The molecule has 2 nitrogen and oxygen atoms in total. The van der Waals surface area contributed by atoms with Crippen molar-refractivity contribution < 1.29 is 18.6 Å². The van der Waals surface area contributed by atoms with E-state index in [1.807, 2.05) is 0 Å². The van der Waals surface area contributed by atoms with E-state index in [0.29, 0.717) is 4.47 Å². The van der Waals surface area contributed by atoms with Crippen molar-refractivity contribution in [2.45, 2.75) is 12.3 Å². The Balaban J connectivity index is 3.18. The standard InChI is InChI=1S/C10H11BrF2O2/c1-15-9-7(3-2-4-8(9)11)10(12,13)5-6-14/h2-4,14H,5-6H2,1H3. The molecule has 1 rings (SSSR count). The van der Waals surface area contributed by atoms with Gasteiger partial charge in [0, 0.05) is 13.0 Å². The van der Waals surface area contributed by atoms with Gasteiger partial charge in [-0.05, 0) is 28.1 Å². The van der Waals surface area contributed by atoms with Gasteiger partial charge >= 0.3 is 0 Å². The minimum absolute atomic E-state index is 0.107. The van der Waals surface area contributed by atoms with Crippen molar-refractivity contribution in [3.8, 4) is 5.75 Å². The number of halogens is 3. The average Bonchev–Trinajstić information content (AvgIpc) is 2.17. The summed E-state index contributed by atoms with van der Waals surface area (Å²) in [6.45, 7) is -0.567. The van der Waals surface area contributed by atoms with Crippen LogP contribution in [-0.2, 0) is 5.92 Å². The van der Waals surface area contributed by atoms with Crippen molar-refractivity contribution in [2.24, 2.45) is 0 Å². The van der Waals surface area contributed by atoms with Crippen LogP contribution in [0.25, 0.3) is 0 Å². The largest absolute Gasteiger partial charge is 0.495 e. The molecule has 0 heterocycles. The first-order valence-corrected chi connectivity index (χ1v) is 5.14. The molecule has 0 saturated heterocycles. The van der Waals surface area contributed by atoms with Gasteiger partial charge in [0.05, 0.1) is 17.1 Å². The molecule has 84 valence electrons. The van der Waals surface area contributed by atoms with Crippen molar-refractivity contribution in [1.29, 1.82) is 0 Å². The van der Waals surface area contributed by atoms with E-state index in [4.69, 9.17) is 9.84 Å². The fraction of sp³-hybridized carbons (Fsp3) is 0.400. The number of ether oxygens (including phenoxy) is 1. The zero-order chi connectivity index (χ0) is 11.5. The molecular formula is C10H11BrF2O2. The van der Waals surface area contributed by atoms with E-state index in [0.717, 1.165) is 0 Å². The summed E-state index contributed by atoms with van der Waals surface area (Å²) < 4.78 is 32.4. The lowest BCUT2D eigenvalue weighted by Crippen LogP contribution is -2.16. The number of rotatable bonds is 4. The van der Waals surface area contributed by atoms with Gasteiger partial charge in [-0.25, -0.2) is 8.78 Å². The first-order valence-electron chi connectivity index (χ1n) is 4.34. The Bertz CT molecular complexity index is 342. The number of alkyl halides is 2. The lowest BCUT2D eigenvalue weighted by atomic mass is 10.0. The highest BCUT2D eigenvalue weighted by Crippen LogP contribution is 2.40. The lowest BCUT2D eigenvalue weighted by molar-refractivity contribution is -0.0288. The van der Waals surface area contributed by atoms with E-state index in [-0.39, 0.29) is 11.3 Å². The minimum atomic E-state index is -3.08. The molecule has 0 unspecified atom stereocenters. The molecule has 0 fully saturated rings. The smallest absolute Gasteiger partial charge is 0.279 e.